The van der Waals surface area contributed by atoms with Crippen LogP contribution in [0.25, 0.3) is 0 Å². The van der Waals surface area contributed by atoms with E-state index in [1.807, 2.05) is 30.8 Å². The second kappa shape index (κ2) is 4.26. The van der Waals surface area contributed by atoms with Crippen LogP contribution in [-0.4, -0.2) is 58.7 Å². The molecule has 1 aromatic rings. The highest BCUT2D eigenvalue weighted by atomic mass is 16.6. The van der Waals surface area contributed by atoms with E-state index in [0.717, 1.165) is 17.7 Å². The summed E-state index contributed by atoms with van der Waals surface area (Å²) in [4.78, 5) is 27.2. The van der Waals surface area contributed by atoms with Gasteiger partial charge in [0.15, 0.2) is 5.60 Å². The summed E-state index contributed by atoms with van der Waals surface area (Å²) in [6.45, 7) is 3.57. The van der Waals surface area contributed by atoms with Gasteiger partial charge in [0.25, 0.3) is 5.91 Å². The van der Waals surface area contributed by atoms with Crippen LogP contribution in [0.3, 0.4) is 0 Å². The Morgan fingerprint density at radius 2 is 2.05 bits per heavy atom. The SMILES string of the molecule is CCc1c(C(=O)N2CC3(CN(C)C(=O)O3)C2)ccn1C. The van der Waals surface area contributed by atoms with Crippen LogP contribution in [-0.2, 0) is 18.2 Å². The van der Waals surface area contributed by atoms with Crippen molar-refractivity contribution in [3.05, 3.63) is 23.5 Å². The Labute approximate surface area is 117 Å². The highest BCUT2D eigenvalue weighted by molar-refractivity contribution is 5.96. The fourth-order valence-corrected chi connectivity index (χ4v) is 3.12. The molecule has 0 unspecified atom stereocenters. The minimum absolute atomic E-state index is 0.0266. The van der Waals surface area contributed by atoms with Gasteiger partial charge in [0.1, 0.15) is 0 Å². The van der Waals surface area contributed by atoms with E-state index in [0.29, 0.717) is 19.6 Å². The summed E-state index contributed by atoms with van der Waals surface area (Å²) in [7, 11) is 3.66. The van der Waals surface area contributed by atoms with Crippen molar-refractivity contribution in [1.29, 1.82) is 0 Å². The lowest BCUT2D eigenvalue weighted by Crippen LogP contribution is -2.65. The van der Waals surface area contributed by atoms with E-state index in [1.54, 1.807) is 16.8 Å². The Morgan fingerprint density at radius 3 is 2.60 bits per heavy atom. The molecule has 1 aromatic heterocycles. The molecule has 0 aliphatic carbocycles. The molecule has 0 atom stereocenters. The molecule has 20 heavy (non-hydrogen) atoms. The van der Waals surface area contributed by atoms with Crippen molar-refractivity contribution >= 4 is 12.0 Å². The van der Waals surface area contributed by atoms with E-state index in [9.17, 15) is 9.59 Å². The van der Waals surface area contributed by atoms with E-state index in [2.05, 4.69) is 0 Å². The van der Waals surface area contributed by atoms with Crippen LogP contribution in [0.2, 0.25) is 0 Å². The van der Waals surface area contributed by atoms with Gasteiger partial charge < -0.3 is 19.1 Å². The highest BCUT2D eigenvalue weighted by Crippen LogP contribution is 2.33. The monoisotopic (exact) mass is 277 g/mol. The van der Waals surface area contributed by atoms with Gasteiger partial charge in [0.2, 0.25) is 0 Å². The second-order valence-electron chi connectivity index (χ2n) is 5.71. The summed E-state index contributed by atoms with van der Waals surface area (Å²) in [5.74, 6) is 0.0266. The van der Waals surface area contributed by atoms with Gasteiger partial charge in [-0.15, -0.1) is 0 Å². The molecule has 2 amide bonds. The number of aryl methyl sites for hydroxylation is 1. The normalized spacial score (nSPS) is 20.2. The minimum atomic E-state index is -0.483. The third kappa shape index (κ3) is 1.78. The number of ether oxygens (including phenoxy) is 1. The number of likely N-dealkylation sites (N-methyl/N-ethyl adjacent to an activating group) is 1. The lowest BCUT2D eigenvalue weighted by atomic mass is 9.93. The van der Waals surface area contributed by atoms with Crippen molar-refractivity contribution in [2.45, 2.75) is 18.9 Å². The van der Waals surface area contributed by atoms with E-state index < -0.39 is 5.60 Å². The Kier molecular flexibility index (Phi) is 2.77. The molecular formula is C14H19N3O3. The number of carbonyl (C=O) groups excluding carboxylic acids is 2. The smallest absolute Gasteiger partial charge is 0.410 e. The number of carbonyl (C=O) groups is 2. The molecule has 0 saturated carbocycles. The first-order valence-corrected chi connectivity index (χ1v) is 6.83. The molecule has 6 heteroatoms. The molecule has 3 rings (SSSR count). The Bertz CT molecular complexity index is 572. The van der Waals surface area contributed by atoms with Crippen molar-refractivity contribution in [3.63, 3.8) is 0 Å². The summed E-state index contributed by atoms with van der Waals surface area (Å²) in [6.07, 6.45) is 2.43. The molecule has 0 radical (unpaired) electrons. The average Bonchev–Trinajstić information content (AvgIpc) is 2.88. The molecule has 1 spiro atoms. The Hall–Kier alpha value is -1.98. The molecule has 0 N–H and O–H groups in total. The molecule has 2 aliphatic rings. The van der Waals surface area contributed by atoms with E-state index in [-0.39, 0.29) is 12.0 Å². The van der Waals surface area contributed by atoms with Gasteiger partial charge in [-0.3, -0.25) is 4.79 Å². The molecule has 2 aliphatic heterocycles. The standard InChI is InChI=1S/C14H19N3O3/c1-4-11-10(5-6-15(11)2)12(18)17-8-14(9-17)7-16(3)13(19)20-14/h5-6H,4,7-9H2,1-3H3. The summed E-state index contributed by atoms with van der Waals surface area (Å²) in [5.41, 5.74) is 1.31. The third-order valence-electron chi connectivity index (χ3n) is 4.15. The van der Waals surface area contributed by atoms with Crippen molar-refractivity contribution in [1.82, 2.24) is 14.4 Å². The maximum atomic E-state index is 12.5. The van der Waals surface area contributed by atoms with Gasteiger partial charge in [-0.1, -0.05) is 6.92 Å². The van der Waals surface area contributed by atoms with Gasteiger partial charge in [-0.05, 0) is 12.5 Å². The zero-order valence-corrected chi connectivity index (χ0v) is 12.0. The van der Waals surface area contributed by atoms with Crippen LogP contribution in [0.5, 0.6) is 0 Å². The second-order valence-corrected chi connectivity index (χ2v) is 5.71. The first kappa shape index (κ1) is 13.0. The topological polar surface area (TPSA) is 54.8 Å². The van der Waals surface area contributed by atoms with E-state index in [4.69, 9.17) is 4.74 Å². The number of likely N-dealkylation sites (tertiary alicyclic amines) is 1. The zero-order chi connectivity index (χ0) is 14.5. The number of hydrogen-bond acceptors (Lipinski definition) is 3. The van der Waals surface area contributed by atoms with E-state index >= 15 is 0 Å². The van der Waals surface area contributed by atoms with Crippen molar-refractivity contribution in [2.75, 3.05) is 26.7 Å². The Balaban J connectivity index is 1.71. The largest absolute Gasteiger partial charge is 0.437 e. The summed E-state index contributed by atoms with van der Waals surface area (Å²) >= 11 is 0. The lowest BCUT2D eigenvalue weighted by molar-refractivity contribution is -0.0581. The maximum Gasteiger partial charge on any atom is 0.410 e. The molecule has 3 heterocycles. The number of nitrogens with zero attached hydrogens (tertiary/aromatic N) is 3. The van der Waals surface area contributed by atoms with Crippen molar-refractivity contribution < 1.29 is 14.3 Å². The number of rotatable bonds is 2. The number of aromatic nitrogens is 1. The molecule has 2 saturated heterocycles. The van der Waals surface area contributed by atoms with Gasteiger partial charge in [-0.25, -0.2) is 4.79 Å². The van der Waals surface area contributed by atoms with Crippen LogP contribution in [0, 0.1) is 0 Å². The minimum Gasteiger partial charge on any atom is -0.437 e. The van der Waals surface area contributed by atoms with Crippen LogP contribution < -0.4 is 0 Å². The first-order chi connectivity index (χ1) is 9.46. The van der Waals surface area contributed by atoms with E-state index in [1.165, 1.54) is 0 Å². The highest BCUT2D eigenvalue weighted by Gasteiger charge is 2.54. The summed E-state index contributed by atoms with van der Waals surface area (Å²) < 4.78 is 7.34. The zero-order valence-electron chi connectivity index (χ0n) is 12.0. The quantitative estimate of drug-likeness (QED) is 0.806. The summed E-state index contributed by atoms with van der Waals surface area (Å²) in [6, 6.07) is 1.86. The fraction of sp³-hybridized carbons (Fsp3) is 0.571. The molecule has 108 valence electrons. The first-order valence-electron chi connectivity index (χ1n) is 6.83. The lowest BCUT2D eigenvalue weighted by Gasteiger charge is -2.45. The fourth-order valence-electron chi connectivity index (χ4n) is 3.12. The maximum absolute atomic E-state index is 12.5. The van der Waals surface area contributed by atoms with Crippen molar-refractivity contribution in [3.8, 4) is 0 Å². The van der Waals surface area contributed by atoms with Crippen molar-refractivity contribution in [2.24, 2.45) is 7.05 Å². The predicted molar refractivity (Wildman–Crippen MR) is 72.5 cm³/mol. The predicted octanol–water partition coefficient (Wildman–Crippen LogP) is 0.864. The van der Waals surface area contributed by atoms with Crippen LogP contribution >= 0.6 is 0 Å². The van der Waals surface area contributed by atoms with Gasteiger partial charge in [-0.2, -0.15) is 0 Å². The average molecular weight is 277 g/mol. The Morgan fingerprint density at radius 1 is 1.35 bits per heavy atom. The molecule has 2 fully saturated rings. The van der Waals surface area contributed by atoms with Gasteiger partial charge in [0.05, 0.1) is 25.2 Å². The van der Waals surface area contributed by atoms with Crippen LogP contribution in [0.15, 0.2) is 12.3 Å². The van der Waals surface area contributed by atoms with Gasteiger partial charge >= 0.3 is 6.09 Å². The summed E-state index contributed by atoms with van der Waals surface area (Å²) in [5, 5.41) is 0. The van der Waals surface area contributed by atoms with Crippen LogP contribution in [0.1, 0.15) is 23.0 Å². The molecular weight excluding hydrogens is 258 g/mol. The number of amides is 2. The van der Waals surface area contributed by atoms with Gasteiger partial charge in [0, 0.05) is 26.0 Å². The molecule has 0 aromatic carbocycles. The molecule has 6 nitrogen and oxygen atoms in total. The third-order valence-corrected chi connectivity index (χ3v) is 4.15. The molecule has 0 bridgehead atoms. The number of hydrogen-bond donors (Lipinski definition) is 0. The van der Waals surface area contributed by atoms with Crippen LogP contribution in [0.4, 0.5) is 4.79 Å².